The summed E-state index contributed by atoms with van der Waals surface area (Å²) in [7, 11) is 0. The quantitative estimate of drug-likeness (QED) is 0.798. The molecule has 24 heavy (non-hydrogen) atoms. The molecular formula is C19H31N3O2. The number of nitrogens with one attached hydrogen (secondary N) is 1. The number of nitrogens with two attached hydrogens (primary N) is 1. The Balaban J connectivity index is 1.79. The van der Waals surface area contributed by atoms with Crippen molar-refractivity contribution in [1.29, 1.82) is 0 Å². The number of carbonyl (C=O) groups excluding carboxylic acids is 1. The van der Waals surface area contributed by atoms with E-state index >= 15 is 0 Å². The first-order chi connectivity index (χ1) is 11.5. The van der Waals surface area contributed by atoms with E-state index < -0.39 is 0 Å². The fourth-order valence-electron chi connectivity index (χ4n) is 3.09. The Labute approximate surface area is 145 Å². The van der Waals surface area contributed by atoms with Gasteiger partial charge in [-0.05, 0) is 11.5 Å². The van der Waals surface area contributed by atoms with E-state index in [2.05, 4.69) is 24.1 Å². The minimum atomic E-state index is -0.295. The van der Waals surface area contributed by atoms with Crippen molar-refractivity contribution in [3.8, 4) is 0 Å². The zero-order valence-corrected chi connectivity index (χ0v) is 15.1. The van der Waals surface area contributed by atoms with Crippen LogP contribution < -0.4 is 11.1 Å². The lowest BCUT2D eigenvalue weighted by Gasteiger charge is -2.34. The Morgan fingerprint density at radius 1 is 1.33 bits per heavy atom. The largest absolute Gasteiger partial charge is 0.374 e. The summed E-state index contributed by atoms with van der Waals surface area (Å²) in [6, 6.07) is 9.46. The molecule has 1 aliphatic heterocycles. The van der Waals surface area contributed by atoms with Gasteiger partial charge in [0.15, 0.2) is 0 Å². The molecule has 134 valence electrons. The number of hydrogen-bond acceptors (Lipinski definition) is 4. The summed E-state index contributed by atoms with van der Waals surface area (Å²) >= 11 is 0. The standard InChI is InChI=1S/C19H31N3O2/c1-14(2)12-22-9-10-24-17(13-22)11-21-19(23)15(3)18(20)16-7-5-4-6-8-16/h4-8,14-15,17-18H,9-13,20H2,1-3H3,(H,21,23). The fraction of sp³-hybridized carbons (Fsp3) is 0.632. The zero-order valence-electron chi connectivity index (χ0n) is 15.1. The van der Waals surface area contributed by atoms with Crippen LogP contribution in [0.3, 0.4) is 0 Å². The molecule has 3 atom stereocenters. The maximum absolute atomic E-state index is 12.4. The molecule has 0 aromatic heterocycles. The molecule has 0 radical (unpaired) electrons. The van der Waals surface area contributed by atoms with Crippen LogP contribution in [-0.2, 0) is 9.53 Å². The highest BCUT2D eigenvalue weighted by Crippen LogP contribution is 2.19. The summed E-state index contributed by atoms with van der Waals surface area (Å²) in [6.07, 6.45) is 0.0570. The highest BCUT2D eigenvalue weighted by Gasteiger charge is 2.25. The Hall–Kier alpha value is -1.43. The number of rotatable bonds is 7. The molecule has 1 heterocycles. The van der Waals surface area contributed by atoms with E-state index in [1.165, 1.54) is 0 Å². The molecule has 5 heteroatoms. The van der Waals surface area contributed by atoms with Crippen LogP contribution in [0.15, 0.2) is 30.3 Å². The summed E-state index contributed by atoms with van der Waals surface area (Å²) in [5.41, 5.74) is 7.21. The van der Waals surface area contributed by atoms with Crippen molar-refractivity contribution >= 4 is 5.91 Å². The second-order valence-electron chi connectivity index (χ2n) is 7.12. The van der Waals surface area contributed by atoms with Crippen LogP contribution in [0, 0.1) is 11.8 Å². The molecule has 5 nitrogen and oxygen atoms in total. The minimum absolute atomic E-state index is 0.0177. The molecule has 0 aliphatic carbocycles. The van der Waals surface area contributed by atoms with Crippen molar-refractivity contribution in [3.63, 3.8) is 0 Å². The maximum atomic E-state index is 12.4. The molecule has 1 amide bonds. The van der Waals surface area contributed by atoms with Gasteiger partial charge in [0.05, 0.1) is 18.6 Å². The van der Waals surface area contributed by atoms with Crippen LogP contribution in [-0.4, -0.2) is 49.7 Å². The van der Waals surface area contributed by atoms with E-state index in [1.54, 1.807) is 0 Å². The van der Waals surface area contributed by atoms with Crippen molar-refractivity contribution < 1.29 is 9.53 Å². The van der Waals surface area contributed by atoms with Gasteiger partial charge in [-0.2, -0.15) is 0 Å². The van der Waals surface area contributed by atoms with Crippen molar-refractivity contribution in [1.82, 2.24) is 10.2 Å². The lowest BCUT2D eigenvalue weighted by Crippen LogP contribution is -2.49. The number of amides is 1. The number of ether oxygens (including phenoxy) is 1. The summed E-state index contributed by atoms with van der Waals surface area (Å²) in [5.74, 6) is 0.348. The predicted octanol–water partition coefficient (Wildman–Crippen LogP) is 1.80. The Morgan fingerprint density at radius 3 is 2.71 bits per heavy atom. The minimum Gasteiger partial charge on any atom is -0.374 e. The third-order valence-corrected chi connectivity index (χ3v) is 4.49. The third-order valence-electron chi connectivity index (χ3n) is 4.49. The fourth-order valence-corrected chi connectivity index (χ4v) is 3.09. The molecule has 2 rings (SSSR count). The second kappa shape index (κ2) is 9.16. The van der Waals surface area contributed by atoms with Gasteiger partial charge >= 0.3 is 0 Å². The number of carbonyl (C=O) groups is 1. The van der Waals surface area contributed by atoms with E-state index in [1.807, 2.05) is 37.3 Å². The average Bonchev–Trinajstić information content (AvgIpc) is 2.59. The average molecular weight is 333 g/mol. The van der Waals surface area contributed by atoms with Crippen molar-refractivity contribution in [2.24, 2.45) is 17.6 Å². The van der Waals surface area contributed by atoms with Crippen molar-refractivity contribution in [2.75, 3.05) is 32.8 Å². The van der Waals surface area contributed by atoms with Gasteiger partial charge in [0.2, 0.25) is 5.91 Å². The summed E-state index contributed by atoms with van der Waals surface area (Å²) in [5, 5.41) is 3.01. The van der Waals surface area contributed by atoms with E-state index in [4.69, 9.17) is 10.5 Å². The van der Waals surface area contributed by atoms with Gasteiger partial charge in [0.25, 0.3) is 0 Å². The van der Waals surface area contributed by atoms with E-state index in [9.17, 15) is 4.79 Å². The first-order valence-corrected chi connectivity index (χ1v) is 8.89. The summed E-state index contributed by atoms with van der Waals surface area (Å²) in [6.45, 7) is 10.5. The normalized spacial score (nSPS) is 21.5. The number of hydrogen-bond donors (Lipinski definition) is 2. The Morgan fingerprint density at radius 2 is 2.04 bits per heavy atom. The van der Waals surface area contributed by atoms with E-state index in [0.29, 0.717) is 12.5 Å². The van der Waals surface area contributed by atoms with E-state index in [-0.39, 0.29) is 24.0 Å². The van der Waals surface area contributed by atoms with Crippen LogP contribution in [0.4, 0.5) is 0 Å². The number of nitrogens with zero attached hydrogens (tertiary/aromatic N) is 1. The van der Waals surface area contributed by atoms with E-state index in [0.717, 1.165) is 31.8 Å². The first kappa shape index (κ1) is 18.9. The zero-order chi connectivity index (χ0) is 17.5. The van der Waals surface area contributed by atoms with Crippen molar-refractivity contribution in [3.05, 3.63) is 35.9 Å². The molecule has 0 bridgehead atoms. The van der Waals surface area contributed by atoms with Crippen LogP contribution >= 0.6 is 0 Å². The molecule has 1 aliphatic rings. The maximum Gasteiger partial charge on any atom is 0.224 e. The highest BCUT2D eigenvalue weighted by atomic mass is 16.5. The topological polar surface area (TPSA) is 67.6 Å². The monoisotopic (exact) mass is 333 g/mol. The van der Waals surface area contributed by atoms with Gasteiger partial charge in [0, 0.05) is 32.2 Å². The molecule has 3 unspecified atom stereocenters. The van der Waals surface area contributed by atoms with Gasteiger partial charge < -0.3 is 15.8 Å². The molecule has 1 aromatic carbocycles. The third kappa shape index (κ3) is 5.58. The SMILES string of the molecule is CC(C)CN1CCOC(CNC(=O)C(C)C(N)c2ccccc2)C1. The Kier molecular flexibility index (Phi) is 7.21. The Bertz CT molecular complexity index is 507. The highest BCUT2D eigenvalue weighted by molar-refractivity contribution is 5.79. The van der Waals surface area contributed by atoms with Gasteiger partial charge in [0.1, 0.15) is 0 Å². The molecule has 3 N–H and O–H groups in total. The lowest BCUT2D eigenvalue weighted by atomic mass is 9.94. The van der Waals surface area contributed by atoms with Gasteiger partial charge in [-0.25, -0.2) is 0 Å². The number of morpholine rings is 1. The molecule has 1 saturated heterocycles. The van der Waals surface area contributed by atoms with Gasteiger partial charge in [-0.15, -0.1) is 0 Å². The van der Waals surface area contributed by atoms with Gasteiger partial charge in [-0.3, -0.25) is 9.69 Å². The smallest absolute Gasteiger partial charge is 0.224 e. The molecular weight excluding hydrogens is 302 g/mol. The summed E-state index contributed by atoms with van der Waals surface area (Å²) in [4.78, 5) is 14.8. The van der Waals surface area contributed by atoms with Crippen LogP contribution in [0.5, 0.6) is 0 Å². The van der Waals surface area contributed by atoms with Crippen LogP contribution in [0.2, 0.25) is 0 Å². The summed E-state index contributed by atoms with van der Waals surface area (Å²) < 4.78 is 5.78. The second-order valence-corrected chi connectivity index (χ2v) is 7.12. The predicted molar refractivity (Wildman–Crippen MR) is 96.6 cm³/mol. The van der Waals surface area contributed by atoms with Crippen LogP contribution in [0.1, 0.15) is 32.4 Å². The first-order valence-electron chi connectivity index (χ1n) is 8.89. The number of benzene rings is 1. The molecule has 1 aromatic rings. The molecule has 0 spiro atoms. The van der Waals surface area contributed by atoms with Crippen LogP contribution in [0.25, 0.3) is 0 Å². The van der Waals surface area contributed by atoms with Crippen molar-refractivity contribution in [2.45, 2.75) is 32.9 Å². The molecule has 1 fully saturated rings. The lowest BCUT2D eigenvalue weighted by molar-refractivity contribution is -0.126. The molecule has 0 saturated carbocycles. The van der Waals surface area contributed by atoms with Gasteiger partial charge in [-0.1, -0.05) is 51.1 Å².